The molecule has 0 spiro atoms. The van der Waals surface area contributed by atoms with Crippen molar-refractivity contribution >= 4 is 6.03 Å². The van der Waals surface area contributed by atoms with E-state index in [9.17, 15) is 4.79 Å². The van der Waals surface area contributed by atoms with Crippen LogP contribution in [0.1, 0.15) is 11.1 Å². The molecule has 2 aliphatic rings. The molecule has 1 fully saturated rings. The topological polar surface area (TPSA) is 63.3 Å². The smallest absolute Gasteiger partial charge is 0.317 e. The number of ether oxygens (including phenoxy) is 3. The van der Waals surface area contributed by atoms with E-state index in [0.717, 1.165) is 42.4 Å². The van der Waals surface area contributed by atoms with Crippen LogP contribution < -0.4 is 19.5 Å². The lowest BCUT2D eigenvalue weighted by atomic mass is 10.1. The van der Waals surface area contributed by atoms with Crippen LogP contribution in [0.4, 0.5) is 4.79 Å². The summed E-state index contributed by atoms with van der Waals surface area (Å²) in [5, 5.41) is 2.99. The zero-order valence-corrected chi connectivity index (χ0v) is 16.0. The average Bonchev–Trinajstić information content (AvgIpc) is 3.21. The molecule has 1 N–H and O–H groups in total. The Hall–Kier alpha value is -2.93. The van der Waals surface area contributed by atoms with E-state index in [1.54, 1.807) is 7.11 Å². The van der Waals surface area contributed by atoms with Gasteiger partial charge >= 0.3 is 6.03 Å². The van der Waals surface area contributed by atoms with Crippen molar-refractivity contribution in [3.8, 4) is 17.2 Å². The fourth-order valence-electron chi connectivity index (χ4n) is 3.52. The first-order valence-electron chi connectivity index (χ1n) is 9.48. The Kier molecular flexibility index (Phi) is 5.53. The molecular formula is C21H25N3O4. The average molecular weight is 383 g/mol. The Morgan fingerprint density at radius 1 is 1.07 bits per heavy atom. The van der Waals surface area contributed by atoms with Gasteiger partial charge in [0.15, 0.2) is 11.5 Å². The van der Waals surface area contributed by atoms with Crippen LogP contribution in [0.2, 0.25) is 0 Å². The third-order valence-corrected chi connectivity index (χ3v) is 5.13. The van der Waals surface area contributed by atoms with Gasteiger partial charge in [-0.05, 0) is 23.8 Å². The Labute approximate surface area is 164 Å². The molecule has 0 atom stereocenters. The molecule has 28 heavy (non-hydrogen) atoms. The van der Waals surface area contributed by atoms with Crippen LogP contribution in [-0.4, -0.2) is 55.9 Å². The molecule has 2 aromatic carbocycles. The van der Waals surface area contributed by atoms with Crippen LogP contribution >= 0.6 is 0 Å². The Morgan fingerprint density at radius 3 is 2.68 bits per heavy atom. The molecule has 0 aliphatic carbocycles. The Bertz CT molecular complexity index is 834. The number of piperazine rings is 1. The number of urea groups is 1. The first-order chi connectivity index (χ1) is 13.7. The summed E-state index contributed by atoms with van der Waals surface area (Å²) >= 11 is 0. The van der Waals surface area contributed by atoms with Gasteiger partial charge in [-0.1, -0.05) is 24.3 Å². The molecule has 2 aliphatic heterocycles. The number of nitrogens with zero attached hydrogens (tertiary/aromatic N) is 2. The molecule has 2 aromatic rings. The van der Waals surface area contributed by atoms with E-state index in [4.69, 9.17) is 14.2 Å². The minimum atomic E-state index is -0.0328. The maximum absolute atomic E-state index is 12.5. The first kappa shape index (κ1) is 18.4. The van der Waals surface area contributed by atoms with Gasteiger partial charge in [-0.25, -0.2) is 4.79 Å². The van der Waals surface area contributed by atoms with Crippen molar-refractivity contribution < 1.29 is 19.0 Å². The van der Waals surface area contributed by atoms with Gasteiger partial charge in [0, 0.05) is 44.8 Å². The van der Waals surface area contributed by atoms with Gasteiger partial charge in [-0.3, -0.25) is 4.90 Å². The van der Waals surface area contributed by atoms with Gasteiger partial charge < -0.3 is 24.4 Å². The van der Waals surface area contributed by atoms with Crippen molar-refractivity contribution in [3.05, 3.63) is 53.6 Å². The highest BCUT2D eigenvalue weighted by Gasteiger charge is 2.22. The van der Waals surface area contributed by atoms with Gasteiger partial charge in [0.05, 0.1) is 7.11 Å². The second-order valence-corrected chi connectivity index (χ2v) is 6.92. The van der Waals surface area contributed by atoms with Gasteiger partial charge in [0.2, 0.25) is 6.79 Å². The maximum Gasteiger partial charge on any atom is 0.317 e. The summed E-state index contributed by atoms with van der Waals surface area (Å²) in [6, 6.07) is 13.8. The molecule has 0 saturated carbocycles. The number of carbonyl (C=O) groups is 1. The van der Waals surface area contributed by atoms with E-state index in [-0.39, 0.29) is 12.8 Å². The van der Waals surface area contributed by atoms with Crippen LogP contribution in [0.3, 0.4) is 0 Å². The molecule has 2 amide bonds. The molecular weight excluding hydrogens is 358 g/mol. The minimum absolute atomic E-state index is 0.0328. The van der Waals surface area contributed by atoms with Crippen molar-refractivity contribution in [1.82, 2.24) is 15.1 Å². The van der Waals surface area contributed by atoms with Crippen molar-refractivity contribution in [2.45, 2.75) is 13.1 Å². The summed E-state index contributed by atoms with van der Waals surface area (Å²) in [6.07, 6.45) is 0. The lowest BCUT2D eigenvalue weighted by molar-refractivity contribution is 0.134. The SMILES string of the molecule is COc1ccccc1CN1CCN(C(=O)NCc2ccc3c(c2)OCO3)CC1. The van der Waals surface area contributed by atoms with Gasteiger partial charge in [0.1, 0.15) is 5.75 Å². The third-order valence-electron chi connectivity index (χ3n) is 5.13. The number of hydrogen-bond acceptors (Lipinski definition) is 5. The Balaban J connectivity index is 1.25. The summed E-state index contributed by atoms with van der Waals surface area (Å²) in [5.74, 6) is 2.39. The van der Waals surface area contributed by atoms with E-state index >= 15 is 0 Å². The zero-order valence-electron chi connectivity index (χ0n) is 16.0. The summed E-state index contributed by atoms with van der Waals surface area (Å²) in [4.78, 5) is 16.7. The predicted octanol–water partition coefficient (Wildman–Crippen LogP) is 2.45. The van der Waals surface area contributed by atoms with Gasteiger partial charge in [-0.15, -0.1) is 0 Å². The number of rotatable bonds is 5. The summed E-state index contributed by atoms with van der Waals surface area (Å²) in [5.41, 5.74) is 2.16. The molecule has 2 heterocycles. The lowest BCUT2D eigenvalue weighted by Crippen LogP contribution is -2.51. The molecule has 4 rings (SSSR count). The molecule has 0 radical (unpaired) electrons. The number of methoxy groups -OCH3 is 1. The molecule has 0 aromatic heterocycles. The summed E-state index contributed by atoms with van der Waals surface area (Å²) < 4.78 is 16.1. The van der Waals surface area contributed by atoms with Crippen LogP contribution in [0.5, 0.6) is 17.2 Å². The molecule has 0 unspecified atom stereocenters. The number of nitrogens with one attached hydrogen (secondary N) is 1. The van der Waals surface area contributed by atoms with Gasteiger partial charge in [0.25, 0.3) is 0 Å². The highest BCUT2D eigenvalue weighted by atomic mass is 16.7. The van der Waals surface area contributed by atoms with Crippen molar-refractivity contribution in [2.75, 3.05) is 40.1 Å². The quantitative estimate of drug-likeness (QED) is 0.859. The van der Waals surface area contributed by atoms with Crippen LogP contribution in [-0.2, 0) is 13.1 Å². The number of benzene rings is 2. The second kappa shape index (κ2) is 8.39. The number of amides is 2. The normalized spacial score (nSPS) is 16.1. The molecule has 0 bridgehead atoms. The number of hydrogen-bond donors (Lipinski definition) is 1. The van der Waals surface area contributed by atoms with Crippen molar-refractivity contribution in [3.63, 3.8) is 0 Å². The van der Waals surface area contributed by atoms with Crippen molar-refractivity contribution in [1.29, 1.82) is 0 Å². The fourth-order valence-corrected chi connectivity index (χ4v) is 3.52. The highest BCUT2D eigenvalue weighted by Crippen LogP contribution is 2.32. The van der Waals surface area contributed by atoms with E-state index in [1.807, 2.05) is 41.3 Å². The fraction of sp³-hybridized carbons (Fsp3) is 0.381. The van der Waals surface area contributed by atoms with Crippen LogP contribution in [0.15, 0.2) is 42.5 Å². The van der Waals surface area contributed by atoms with E-state index in [1.165, 1.54) is 5.56 Å². The molecule has 148 valence electrons. The van der Waals surface area contributed by atoms with Crippen LogP contribution in [0.25, 0.3) is 0 Å². The predicted molar refractivity (Wildman–Crippen MR) is 105 cm³/mol. The second-order valence-electron chi connectivity index (χ2n) is 6.92. The number of fused-ring (bicyclic) bond motifs is 1. The largest absolute Gasteiger partial charge is 0.496 e. The van der Waals surface area contributed by atoms with E-state index in [0.29, 0.717) is 19.6 Å². The first-order valence-corrected chi connectivity index (χ1v) is 9.48. The maximum atomic E-state index is 12.5. The zero-order chi connectivity index (χ0) is 19.3. The number of para-hydroxylation sites is 1. The summed E-state index contributed by atoms with van der Waals surface area (Å²) in [7, 11) is 1.70. The minimum Gasteiger partial charge on any atom is -0.496 e. The highest BCUT2D eigenvalue weighted by molar-refractivity contribution is 5.74. The van der Waals surface area contributed by atoms with Crippen LogP contribution in [0, 0.1) is 0 Å². The monoisotopic (exact) mass is 383 g/mol. The molecule has 7 heteroatoms. The lowest BCUT2D eigenvalue weighted by Gasteiger charge is -2.34. The Morgan fingerprint density at radius 2 is 1.86 bits per heavy atom. The summed E-state index contributed by atoms with van der Waals surface area (Å²) in [6.45, 7) is 4.66. The van der Waals surface area contributed by atoms with Crippen molar-refractivity contribution in [2.24, 2.45) is 0 Å². The molecule has 7 nitrogen and oxygen atoms in total. The van der Waals surface area contributed by atoms with Gasteiger partial charge in [-0.2, -0.15) is 0 Å². The molecule has 1 saturated heterocycles. The standard InChI is InChI=1S/C21H25N3O4/c1-26-18-5-3-2-4-17(18)14-23-8-10-24(11-9-23)21(25)22-13-16-6-7-19-20(12-16)28-15-27-19/h2-7,12H,8-11,13-15H2,1H3,(H,22,25). The van der Waals surface area contributed by atoms with E-state index < -0.39 is 0 Å². The number of carbonyl (C=O) groups excluding carboxylic acids is 1. The third kappa shape index (κ3) is 4.14. The van der Waals surface area contributed by atoms with E-state index in [2.05, 4.69) is 16.3 Å².